The lowest BCUT2D eigenvalue weighted by atomic mass is 9.68. The Morgan fingerprint density at radius 3 is 2.55 bits per heavy atom. The number of carbonyl (C=O) groups is 1. The molecule has 2 aliphatic rings. The summed E-state index contributed by atoms with van der Waals surface area (Å²) in [6.45, 7) is 11.1. The highest BCUT2D eigenvalue weighted by Gasteiger charge is 2.43. The number of hydrogen-bond acceptors (Lipinski definition) is 4. The van der Waals surface area contributed by atoms with Gasteiger partial charge in [-0.1, -0.05) is 44.2 Å². The Morgan fingerprint density at radius 1 is 1.21 bits per heavy atom. The van der Waals surface area contributed by atoms with Crippen LogP contribution in [-0.4, -0.2) is 53.4 Å². The summed E-state index contributed by atoms with van der Waals surface area (Å²) in [4.78, 5) is 22.0. The number of likely N-dealkylation sites (tertiary alicyclic amines) is 2. The maximum absolute atomic E-state index is 13.0. The van der Waals surface area contributed by atoms with E-state index in [9.17, 15) is 4.79 Å². The van der Waals surface area contributed by atoms with Crippen LogP contribution < -0.4 is 0 Å². The Kier molecular flexibility index (Phi) is 5.77. The molecule has 0 radical (unpaired) electrons. The maximum atomic E-state index is 13.0. The molecule has 1 aromatic heterocycles. The van der Waals surface area contributed by atoms with Gasteiger partial charge in [0.1, 0.15) is 0 Å². The number of benzene rings is 1. The first-order chi connectivity index (χ1) is 14.0. The molecule has 156 valence electrons. The van der Waals surface area contributed by atoms with Gasteiger partial charge in [0.25, 0.3) is 5.91 Å². The average Bonchev–Trinajstić information content (AvgIpc) is 3.15. The first-order valence-electron chi connectivity index (χ1n) is 11.1. The molecule has 2 fully saturated rings. The molecule has 5 heteroatoms. The van der Waals surface area contributed by atoms with Crippen molar-refractivity contribution in [3.63, 3.8) is 0 Å². The van der Waals surface area contributed by atoms with Gasteiger partial charge in [-0.05, 0) is 49.6 Å². The van der Waals surface area contributed by atoms with Crippen LogP contribution in [0.1, 0.15) is 66.7 Å². The second kappa shape index (κ2) is 8.31. The minimum Gasteiger partial charge on any atom is -0.435 e. The first kappa shape index (κ1) is 20.1. The van der Waals surface area contributed by atoms with Crippen molar-refractivity contribution in [1.82, 2.24) is 14.8 Å². The molecule has 2 aromatic rings. The zero-order valence-corrected chi connectivity index (χ0v) is 18.0. The van der Waals surface area contributed by atoms with E-state index in [2.05, 4.69) is 47.1 Å². The van der Waals surface area contributed by atoms with Gasteiger partial charge in [-0.15, -0.1) is 0 Å². The predicted octanol–water partition coefficient (Wildman–Crippen LogP) is 4.28. The van der Waals surface area contributed by atoms with Crippen LogP contribution >= 0.6 is 0 Å². The van der Waals surface area contributed by atoms with Crippen molar-refractivity contribution in [2.45, 2.75) is 52.4 Å². The lowest BCUT2D eigenvalue weighted by Crippen LogP contribution is -2.52. The molecule has 0 unspecified atom stereocenters. The highest BCUT2D eigenvalue weighted by Crippen LogP contribution is 2.45. The Morgan fingerprint density at radius 2 is 1.93 bits per heavy atom. The number of nitrogens with zero attached hydrogens (tertiary/aromatic N) is 3. The van der Waals surface area contributed by atoms with Gasteiger partial charge in [0.05, 0.1) is 5.69 Å². The number of aromatic nitrogens is 1. The number of carbonyl (C=O) groups excluding carboxylic acids is 1. The quantitative estimate of drug-likeness (QED) is 0.775. The van der Waals surface area contributed by atoms with Crippen LogP contribution in [-0.2, 0) is 6.42 Å². The van der Waals surface area contributed by atoms with E-state index in [0.29, 0.717) is 35.1 Å². The summed E-state index contributed by atoms with van der Waals surface area (Å²) in [5.74, 6) is 1.66. The van der Waals surface area contributed by atoms with E-state index in [1.54, 1.807) is 0 Å². The monoisotopic (exact) mass is 395 g/mol. The van der Waals surface area contributed by atoms with Crippen molar-refractivity contribution >= 4 is 5.91 Å². The number of piperidine rings is 2. The number of likely N-dealkylation sites (N-methyl/N-ethyl adjacent to an activating group) is 1. The topological polar surface area (TPSA) is 49.6 Å². The molecule has 0 bridgehead atoms. The van der Waals surface area contributed by atoms with Crippen molar-refractivity contribution in [3.05, 3.63) is 53.2 Å². The van der Waals surface area contributed by atoms with E-state index in [-0.39, 0.29) is 5.91 Å². The molecule has 2 aliphatic heterocycles. The van der Waals surface area contributed by atoms with Gasteiger partial charge in [0, 0.05) is 32.6 Å². The standard InChI is InChI=1S/C24H33N3O2/c1-4-21-25-18(3)22(29-21)23(28)27-13-11-24(12-14-27)15-20(16-26(5-2)17-24)19-9-7-6-8-10-19/h6-10,20H,4-5,11-17H2,1-3H3/t20-/m0/s1. The highest BCUT2D eigenvalue weighted by molar-refractivity contribution is 5.92. The Labute approximate surface area is 174 Å². The van der Waals surface area contributed by atoms with Gasteiger partial charge >= 0.3 is 0 Å². The molecule has 3 heterocycles. The van der Waals surface area contributed by atoms with E-state index in [1.165, 1.54) is 12.0 Å². The molecular formula is C24H33N3O2. The van der Waals surface area contributed by atoms with Crippen molar-refractivity contribution < 1.29 is 9.21 Å². The molecule has 29 heavy (non-hydrogen) atoms. The molecule has 5 nitrogen and oxygen atoms in total. The number of oxazole rings is 1. The molecule has 1 aromatic carbocycles. The van der Waals surface area contributed by atoms with Crippen LogP contribution in [0.15, 0.2) is 34.7 Å². The molecule has 2 saturated heterocycles. The smallest absolute Gasteiger partial charge is 0.291 e. The van der Waals surface area contributed by atoms with E-state index in [4.69, 9.17) is 4.42 Å². The zero-order chi connectivity index (χ0) is 20.4. The Hall–Kier alpha value is -2.14. The van der Waals surface area contributed by atoms with Crippen molar-refractivity contribution in [1.29, 1.82) is 0 Å². The lowest BCUT2D eigenvalue weighted by molar-refractivity contribution is 0.0146. The zero-order valence-electron chi connectivity index (χ0n) is 18.0. The third-order valence-corrected chi connectivity index (χ3v) is 6.88. The summed E-state index contributed by atoms with van der Waals surface area (Å²) in [5, 5.41) is 0. The summed E-state index contributed by atoms with van der Waals surface area (Å²) in [6, 6.07) is 10.9. The van der Waals surface area contributed by atoms with Crippen molar-refractivity contribution in [2.75, 3.05) is 32.7 Å². The molecule has 1 spiro atoms. The maximum Gasteiger partial charge on any atom is 0.291 e. The fourth-order valence-corrected chi connectivity index (χ4v) is 5.18. The number of amides is 1. The van der Waals surface area contributed by atoms with Gasteiger partial charge < -0.3 is 14.2 Å². The summed E-state index contributed by atoms with van der Waals surface area (Å²) in [6.07, 6.45) is 4.06. The average molecular weight is 396 g/mol. The molecule has 1 atom stereocenters. The van der Waals surface area contributed by atoms with Crippen LogP contribution in [0.3, 0.4) is 0 Å². The van der Waals surface area contributed by atoms with Crippen molar-refractivity contribution in [2.24, 2.45) is 5.41 Å². The molecule has 0 saturated carbocycles. The number of rotatable bonds is 4. The van der Waals surface area contributed by atoms with E-state index >= 15 is 0 Å². The number of aryl methyl sites for hydroxylation is 2. The molecule has 0 aliphatic carbocycles. The van der Waals surface area contributed by atoms with Crippen LogP contribution in [0.2, 0.25) is 0 Å². The molecular weight excluding hydrogens is 362 g/mol. The van der Waals surface area contributed by atoms with Crippen molar-refractivity contribution in [3.8, 4) is 0 Å². The van der Waals surface area contributed by atoms with Crippen LogP contribution in [0.25, 0.3) is 0 Å². The second-order valence-corrected chi connectivity index (χ2v) is 8.81. The summed E-state index contributed by atoms with van der Waals surface area (Å²) < 4.78 is 5.71. The van der Waals surface area contributed by atoms with Crippen LogP contribution in [0.5, 0.6) is 0 Å². The minimum absolute atomic E-state index is 0.00677. The SMILES string of the molecule is CCc1nc(C)c(C(=O)N2CCC3(CC2)C[C@H](c2ccccc2)CN(CC)C3)o1. The molecule has 0 N–H and O–H groups in total. The first-order valence-corrected chi connectivity index (χ1v) is 11.1. The molecule has 1 amide bonds. The summed E-state index contributed by atoms with van der Waals surface area (Å²) in [7, 11) is 0. The van der Waals surface area contributed by atoms with E-state index < -0.39 is 0 Å². The second-order valence-electron chi connectivity index (χ2n) is 8.81. The fraction of sp³-hybridized carbons (Fsp3) is 0.583. The van der Waals surface area contributed by atoms with Crippen LogP contribution in [0, 0.1) is 12.3 Å². The normalized spacial score (nSPS) is 22.2. The Bertz CT molecular complexity index is 837. The molecule has 4 rings (SSSR count). The third kappa shape index (κ3) is 4.11. The van der Waals surface area contributed by atoms with E-state index in [1.807, 2.05) is 18.7 Å². The fourth-order valence-electron chi connectivity index (χ4n) is 5.18. The third-order valence-electron chi connectivity index (χ3n) is 6.88. The summed E-state index contributed by atoms with van der Waals surface area (Å²) >= 11 is 0. The Balaban J connectivity index is 1.46. The minimum atomic E-state index is 0.00677. The predicted molar refractivity (Wildman–Crippen MR) is 114 cm³/mol. The van der Waals surface area contributed by atoms with Gasteiger partial charge in [0.15, 0.2) is 5.89 Å². The highest BCUT2D eigenvalue weighted by atomic mass is 16.4. The number of hydrogen-bond donors (Lipinski definition) is 0. The van der Waals surface area contributed by atoms with Gasteiger partial charge in [-0.3, -0.25) is 4.79 Å². The lowest BCUT2D eigenvalue weighted by Gasteiger charge is -2.50. The largest absolute Gasteiger partial charge is 0.435 e. The van der Waals surface area contributed by atoms with Crippen LogP contribution in [0.4, 0.5) is 0 Å². The van der Waals surface area contributed by atoms with Gasteiger partial charge in [0.2, 0.25) is 5.76 Å². The van der Waals surface area contributed by atoms with Gasteiger partial charge in [-0.25, -0.2) is 4.98 Å². The van der Waals surface area contributed by atoms with Gasteiger partial charge in [-0.2, -0.15) is 0 Å². The summed E-state index contributed by atoms with van der Waals surface area (Å²) in [5.41, 5.74) is 2.47. The van der Waals surface area contributed by atoms with E-state index in [0.717, 1.165) is 45.6 Å².